The number of carbonyl (C=O) groups excluding carboxylic acids is 1. The predicted molar refractivity (Wildman–Crippen MR) is 89.0 cm³/mol. The molecule has 8 heteroatoms. The second-order valence-corrected chi connectivity index (χ2v) is 6.42. The van der Waals surface area contributed by atoms with Crippen molar-refractivity contribution < 1.29 is 14.3 Å². The first kappa shape index (κ1) is 17.1. The Morgan fingerprint density at radius 3 is 2.67 bits per heavy atom. The molecule has 0 amide bonds. The van der Waals surface area contributed by atoms with Gasteiger partial charge in [-0.2, -0.15) is 5.10 Å². The van der Waals surface area contributed by atoms with Gasteiger partial charge in [0.2, 0.25) is 0 Å². The van der Waals surface area contributed by atoms with Crippen LogP contribution in [0.2, 0.25) is 5.15 Å². The third kappa shape index (κ3) is 2.86. The average molecular weight is 353 g/mol. The summed E-state index contributed by atoms with van der Waals surface area (Å²) in [4.78, 5) is 21.1. The third-order valence-electron chi connectivity index (χ3n) is 4.83. The monoisotopic (exact) mass is 352 g/mol. The molecular formula is C16H21ClN4O3. The highest BCUT2D eigenvalue weighted by Gasteiger charge is 2.44. The van der Waals surface area contributed by atoms with Crippen LogP contribution in [0.25, 0.3) is 11.0 Å². The van der Waals surface area contributed by atoms with E-state index in [1.54, 1.807) is 11.8 Å². The van der Waals surface area contributed by atoms with Crippen molar-refractivity contribution in [2.45, 2.75) is 50.7 Å². The molecule has 0 atom stereocenters. The van der Waals surface area contributed by atoms with Crippen LogP contribution in [-0.2, 0) is 20.8 Å². The number of carbonyl (C=O) groups is 1. The van der Waals surface area contributed by atoms with Gasteiger partial charge in [-0.3, -0.25) is 4.68 Å². The van der Waals surface area contributed by atoms with Gasteiger partial charge >= 0.3 is 5.97 Å². The van der Waals surface area contributed by atoms with E-state index in [0.717, 1.165) is 24.8 Å². The standard InChI is InChI=1S/C16H21ClN4O3/c1-4-21-9-11-12(17)18-13(19-14(11)20-21)10-5-7-16(24-3,8-6-10)15(22)23-2/h9-10H,4-8H2,1-3H3. The summed E-state index contributed by atoms with van der Waals surface area (Å²) < 4.78 is 12.2. The van der Waals surface area contributed by atoms with Crippen LogP contribution >= 0.6 is 11.6 Å². The van der Waals surface area contributed by atoms with E-state index in [1.807, 2.05) is 13.1 Å². The van der Waals surface area contributed by atoms with Gasteiger partial charge in [0.15, 0.2) is 11.2 Å². The van der Waals surface area contributed by atoms with E-state index in [1.165, 1.54) is 7.11 Å². The van der Waals surface area contributed by atoms with Crippen molar-refractivity contribution in [2.75, 3.05) is 14.2 Å². The predicted octanol–water partition coefficient (Wildman–Crippen LogP) is 2.72. The summed E-state index contributed by atoms with van der Waals surface area (Å²) in [6.45, 7) is 2.76. The van der Waals surface area contributed by atoms with E-state index < -0.39 is 5.60 Å². The number of halogens is 1. The van der Waals surface area contributed by atoms with Gasteiger partial charge in [-0.05, 0) is 32.6 Å². The van der Waals surface area contributed by atoms with Crippen LogP contribution in [0.3, 0.4) is 0 Å². The number of ether oxygens (including phenoxy) is 2. The Balaban J connectivity index is 1.84. The number of nitrogens with zero attached hydrogens (tertiary/aromatic N) is 4. The van der Waals surface area contributed by atoms with Crippen LogP contribution in [0.1, 0.15) is 44.3 Å². The Morgan fingerprint density at radius 2 is 2.08 bits per heavy atom. The molecule has 1 saturated carbocycles. The van der Waals surface area contributed by atoms with Crippen molar-refractivity contribution >= 4 is 28.6 Å². The molecule has 0 N–H and O–H groups in total. The molecule has 24 heavy (non-hydrogen) atoms. The molecule has 7 nitrogen and oxygen atoms in total. The van der Waals surface area contributed by atoms with Gasteiger partial charge in [0.25, 0.3) is 0 Å². The number of aryl methyl sites for hydroxylation is 1. The summed E-state index contributed by atoms with van der Waals surface area (Å²) in [5.41, 5.74) is -0.244. The van der Waals surface area contributed by atoms with Crippen LogP contribution in [0.5, 0.6) is 0 Å². The van der Waals surface area contributed by atoms with Crippen molar-refractivity contribution in [1.29, 1.82) is 0 Å². The summed E-state index contributed by atoms with van der Waals surface area (Å²) >= 11 is 6.30. The third-order valence-corrected chi connectivity index (χ3v) is 5.12. The Kier molecular flexibility index (Phi) is 4.73. The lowest BCUT2D eigenvalue weighted by atomic mass is 9.78. The highest BCUT2D eigenvalue weighted by atomic mass is 35.5. The molecule has 2 aromatic rings. The lowest BCUT2D eigenvalue weighted by molar-refractivity contribution is -0.170. The number of hydrogen-bond acceptors (Lipinski definition) is 6. The lowest BCUT2D eigenvalue weighted by Crippen LogP contribution is -2.44. The van der Waals surface area contributed by atoms with Gasteiger partial charge in [0.1, 0.15) is 11.0 Å². The van der Waals surface area contributed by atoms with Crippen molar-refractivity contribution in [3.8, 4) is 0 Å². The number of aromatic nitrogens is 4. The minimum absolute atomic E-state index is 0.131. The van der Waals surface area contributed by atoms with Crippen LogP contribution in [0.4, 0.5) is 0 Å². The minimum Gasteiger partial charge on any atom is -0.467 e. The molecule has 2 aromatic heterocycles. The van der Waals surface area contributed by atoms with Gasteiger partial charge in [-0.25, -0.2) is 14.8 Å². The van der Waals surface area contributed by atoms with Crippen LogP contribution in [0.15, 0.2) is 6.20 Å². The zero-order chi connectivity index (χ0) is 17.3. The fourth-order valence-corrected chi connectivity index (χ4v) is 3.52. The summed E-state index contributed by atoms with van der Waals surface area (Å²) in [5, 5.41) is 5.60. The normalized spacial score (nSPS) is 24.2. The fourth-order valence-electron chi connectivity index (χ4n) is 3.30. The quantitative estimate of drug-likeness (QED) is 0.621. The van der Waals surface area contributed by atoms with E-state index in [-0.39, 0.29) is 11.9 Å². The Labute approximate surface area is 145 Å². The van der Waals surface area contributed by atoms with E-state index >= 15 is 0 Å². The maximum absolute atomic E-state index is 12.0. The highest BCUT2D eigenvalue weighted by Crippen LogP contribution is 2.40. The first-order valence-corrected chi connectivity index (χ1v) is 8.45. The van der Waals surface area contributed by atoms with E-state index in [4.69, 9.17) is 21.1 Å². The largest absolute Gasteiger partial charge is 0.467 e. The number of esters is 1. The molecule has 130 valence electrons. The number of fused-ring (bicyclic) bond motifs is 1. The maximum Gasteiger partial charge on any atom is 0.338 e. The van der Waals surface area contributed by atoms with E-state index in [2.05, 4.69) is 15.1 Å². The Bertz CT molecular complexity index is 753. The maximum atomic E-state index is 12.0. The van der Waals surface area contributed by atoms with Crippen LogP contribution < -0.4 is 0 Å². The number of rotatable bonds is 4. The van der Waals surface area contributed by atoms with Crippen molar-refractivity contribution in [3.05, 3.63) is 17.2 Å². The highest BCUT2D eigenvalue weighted by molar-refractivity contribution is 6.33. The summed E-state index contributed by atoms with van der Waals surface area (Å²) in [6.07, 6.45) is 4.47. The second-order valence-electron chi connectivity index (χ2n) is 6.06. The molecule has 0 unspecified atom stereocenters. The smallest absolute Gasteiger partial charge is 0.338 e. The van der Waals surface area contributed by atoms with Gasteiger partial charge in [0.05, 0.1) is 12.5 Å². The van der Waals surface area contributed by atoms with Crippen LogP contribution in [0, 0.1) is 0 Å². The molecule has 3 rings (SSSR count). The molecule has 1 fully saturated rings. The van der Waals surface area contributed by atoms with Crippen molar-refractivity contribution in [1.82, 2.24) is 19.7 Å². The summed E-state index contributed by atoms with van der Waals surface area (Å²) in [5.74, 6) is 0.495. The minimum atomic E-state index is -0.858. The SMILES string of the molecule is CCn1cc2c(Cl)nc(C3CCC(OC)(C(=O)OC)CC3)nc2n1. The van der Waals surface area contributed by atoms with Gasteiger partial charge in [-0.15, -0.1) is 0 Å². The number of hydrogen-bond donors (Lipinski definition) is 0. The van der Waals surface area contributed by atoms with Crippen molar-refractivity contribution in [2.24, 2.45) is 0 Å². The summed E-state index contributed by atoms with van der Waals surface area (Å²) in [7, 11) is 2.93. The number of methoxy groups -OCH3 is 2. The summed E-state index contributed by atoms with van der Waals surface area (Å²) in [6, 6.07) is 0. The van der Waals surface area contributed by atoms with Gasteiger partial charge in [0, 0.05) is 25.8 Å². The molecule has 0 spiro atoms. The molecule has 0 aliphatic heterocycles. The molecular weight excluding hydrogens is 332 g/mol. The molecule has 0 saturated heterocycles. The molecule has 2 heterocycles. The zero-order valence-electron chi connectivity index (χ0n) is 14.1. The molecule has 0 bridgehead atoms. The topological polar surface area (TPSA) is 79.1 Å². The molecule has 1 aliphatic carbocycles. The first-order valence-electron chi connectivity index (χ1n) is 8.07. The molecule has 1 aliphatic rings. The molecule has 0 aromatic carbocycles. The lowest BCUT2D eigenvalue weighted by Gasteiger charge is -2.36. The van der Waals surface area contributed by atoms with E-state index in [0.29, 0.717) is 29.5 Å². The Morgan fingerprint density at radius 1 is 1.38 bits per heavy atom. The second kappa shape index (κ2) is 6.64. The first-order chi connectivity index (χ1) is 11.5. The zero-order valence-corrected chi connectivity index (χ0v) is 14.8. The van der Waals surface area contributed by atoms with Crippen molar-refractivity contribution in [3.63, 3.8) is 0 Å². The average Bonchev–Trinajstić information content (AvgIpc) is 3.05. The Hall–Kier alpha value is -1.73. The van der Waals surface area contributed by atoms with Gasteiger partial charge in [-0.1, -0.05) is 11.6 Å². The van der Waals surface area contributed by atoms with E-state index in [9.17, 15) is 4.79 Å². The van der Waals surface area contributed by atoms with Crippen LogP contribution in [-0.4, -0.2) is 45.5 Å². The molecule has 0 radical (unpaired) electrons. The van der Waals surface area contributed by atoms with Gasteiger partial charge < -0.3 is 9.47 Å². The fraction of sp³-hybridized carbons (Fsp3) is 0.625.